The maximum atomic E-state index is 14.2. The molecule has 0 aliphatic heterocycles. The van der Waals surface area contributed by atoms with E-state index in [1.54, 1.807) is 55.5 Å². The molecule has 37 heavy (non-hydrogen) atoms. The molecule has 9 heteroatoms. The van der Waals surface area contributed by atoms with Crippen LogP contribution in [0.4, 0.5) is 11.4 Å². The number of halogens is 1. The number of benzene rings is 4. The van der Waals surface area contributed by atoms with Gasteiger partial charge in [-0.05, 0) is 54.8 Å². The minimum absolute atomic E-state index is 0.203. The van der Waals surface area contributed by atoms with Crippen LogP contribution in [0, 0.1) is 0 Å². The van der Waals surface area contributed by atoms with E-state index in [1.165, 1.54) is 4.31 Å². The fourth-order valence-electron chi connectivity index (χ4n) is 4.05. The smallest absolute Gasteiger partial charge is 0.267 e. The maximum absolute atomic E-state index is 14.2. The predicted octanol–water partition coefficient (Wildman–Crippen LogP) is 5.50. The Kier molecular flexibility index (Phi) is 8.89. The summed E-state index contributed by atoms with van der Waals surface area (Å²) in [4.78, 5) is 0.203. The van der Waals surface area contributed by atoms with Crippen LogP contribution in [-0.2, 0) is 14.8 Å². The lowest BCUT2D eigenvalue weighted by molar-refractivity contribution is 0.0802. The highest BCUT2D eigenvalue weighted by atomic mass is 35.5. The SMILES string of the molecule is CC(OCCN)N(c1ccccc1NCCOc1ccc(Cl)cc1)S(=O)(=O)c1cccc2ccccc12. The highest BCUT2D eigenvalue weighted by molar-refractivity contribution is 7.93. The lowest BCUT2D eigenvalue weighted by atomic mass is 10.1. The van der Waals surface area contributed by atoms with Crippen molar-refractivity contribution in [1.29, 1.82) is 0 Å². The second kappa shape index (κ2) is 12.3. The second-order valence-corrected chi connectivity index (χ2v) is 10.5. The van der Waals surface area contributed by atoms with E-state index in [4.69, 9.17) is 26.8 Å². The van der Waals surface area contributed by atoms with Gasteiger partial charge in [0.2, 0.25) is 0 Å². The summed E-state index contributed by atoms with van der Waals surface area (Å²) in [5, 5.41) is 5.43. The van der Waals surface area contributed by atoms with Crippen molar-refractivity contribution < 1.29 is 17.9 Å². The van der Waals surface area contributed by atoms with Crippen molar-refractivity contribution in [2.45, 2.75) is 18.0 Å². The summed E-state index contributed by atoms with van der Waals surface area (Å²) in [5.41, 5.74) is 6.75. The van der Waals surface area contributed by atoms with Gasteiger partial charge in [0.15, 0.2) is 0 Å². The Labute approximate surface area is 222 Å². The number of nitrogens with zero attached hydrogens (tertiary/aromatic N) is 1. The zero-order valence-electron chi connectivity index (χ0n) is 20.5. The Hall–Kier alpha value is -3.30. The molecule has 0 spiro atoms. The number of para-hydroxylation sites is 2. The van der Waals surface area contributed by atoms with Gasteiger partial charge in [-0.3, -0.25) is 0 Å². The van der Waals surface area contributed by atoms with E-state index in [1.807, 2.05) is 42.5 Å². The van der Waals surface area contributed by atoms with Crippen molar-refractivity contribution in [3.05, 3.63) is 96.0 Å². The molecule has 0 saturated heterocycles. The number of nitrogens with one attached hydrogen (secondary N) is 1. The first-order chi connectivity index (χ1) is 17.9. The third-order valence-corrected chi connectivity index (χ3v) is 7.91. The Morgan fingerprint density at radius 2 is 1.62 bits per heavy atom. The van der Waals surface area contributed by atoms with Gasteiger partial charge in [0.05, 0.1) is 22.9 Å². The molecule has 1 atom stereocenters. The molecule has 1 unspecified atom stereocenters. The molecule has 0 fully saturated rings. The summed E-state index contributed by atoms with van der Waals surface area (Å²) >= 11 is 5.93. The van der Waals surface area contributed by atoms with Crippen LogP contribution in [0.1, 0.15) is 6.92 Å². The van der Waals surface area contributed by atoms with Gasteiger partial charge in [0.1, 0.15) is 18.6 Å². The molecule has 7 nitrogen and oxygen atoms in total. The lowest BCUT2D eigenvalue weighted by Crippen LogP contribution is -2.41. The molecule has 194 valence electrons. The third-order valence-electron chi connectivity index (χ3n) is 5.74. The molecule has 0 aromatic heterocycles. The van der Waals surface area contributed by atoms with Crippen molar-refractivity contribution in [3.8, 4) is 5.75 Å². The highest BCUT2D eigenvalue weighted by Gasteiger charge is 2.32. The average Bonchev–Trinajstić information content (AvgIpc) is 2.91. The summed E-state index contributed by atoms with van der Waals surface area (Å²) in [5.74, 6) is 0.698. The molecule has 0 aliphatic rings. The standard InChI is InChI=1S/C28H30ClN3O4S/c1-21(35-19-17-30)32(37(33,34)28-12-6-8-22-7-2-3-9-25(22)28)27-11-5-4-10-26(27)31-18-20-36-24-15-13-23(29)14-16-24/h2-16,21,31H,17-20,30H2,1H3. The normalized spacial score (nSPS) is 12.3. The van der Waals surface area contributed by atoms with Gasteiger partial charge in [0.25, 0.3) is 10.0 Å². The zero-order valence-corrected chi connectivity index (χ0v) is 22.1. The molecule has 0 amide bonds. The Morgan fingerprint density at radius 1 is 0.919 bits per heavy atom. The van der Waals surface area contributed by atoms with Crippen LogP contribution in [0.25, 0.3) is 10.8 Å². The molecule has 4 rings (SSSR count). The fourth-order valence-corrected chi connectivity index (χ4v) is 5.98. The summed E-state index contributed by atoms with van der Waals surface area (Å²) < 4.78 is 41.3. The fraction of sp³-hybridized carbons (Fsp3) is 0.214. The van der Waals surface area contributed by atoms with Crippen LogP contribution in [0.3, 0.4) is 0 Å². The van der Waals surface area contributed by atoms with Crippen molar-refractivity contribution in [2.24, 2.45) is 5.73 Å². The average molecular weight is 540 g/mol. The highest BCUT2D eigenvalue weighted by Crippen LogP contribution is 2.35. The molecule has 0 saturated carbocycles. The molecule has 0 heterocycles. The Morgan fingerprint density at radius 3 is 2.41 bits per heavy atom. The van der Waals surface area contributed by atoms with Crippen LogP contribution < -0.4 is 20.1 Å². The van der Waals surface area contributed by atoms with Gasteiger partial charge in [-0.15, -0.1) is 0 Å². The van der Waals surface area contributed by atoms with Gasteiger partial charge in [0, 0.05) is 23.5 Å². The number of ether oxygens (including phenoxy) is 2. The van der Waals surface area contributed by atoms with E-state index in [2.05, 4.69) is 5.32 Å². The van der Waals surface area contributed by atoms with Crippen LogP contribution in [0.2, 0.25) is 5.02 Å². The molecule has 0 bridgehead atoms. The minimum atomic E-state index is -4.03. The first-order valence-electron chi connectivity index (χ1n) is 12.0. The van der Waals surface area contributed by atoms with Crippen LogP contribution in [-0.4, -0.2) is 40.9 Å². The number of rotatable bonds is 12. The predicted molar refractivity (Wildman–Crippen MR) is 150 cm³/mol. The van der Waals surface area contributed by atoms with E-state index < -0.39 is 16.3 Å². The van der Waals surface area contributed by atoms with E-state index in [0.717, 1.165) is 5.39 Å². The molecular formula is C28H30ClN3O4S. The zero-order chi connectivity index (χ0) is 26.3. The molecule has 4 aromatic rings. The summed E-state index contributed by atoms with van der Waals surface area (Å²) in [6.07, 6.45) is -0.805. The van der Waals surface area contributed by atoms with Crippen LogP contribution in [0.15, 0.2) is 95.9 Å². The summed E-state index contributed by atoms with van der Waals surface area (Å²) in [7, 11) is -4.03. The molecule has 4 aromatic carbocycles. The Bertz CT molecular complexity index is 1430. The van der Waals surface area contributed by atoms with Gasteiger partial charge < -0.3 is 20.5 Å². The third kappa shape index (κ3) is 6.34. The largest absolute Gasteiger partial charge is 0.492 e. The van der Waals surface area contributed by atoms with E-state index in [-0.39, 0.29) is 18.0 Å². The first kappa shape index (κ1) is 26.8. The second-order valence-electron chi connectivity index (χ2n) is 8.28. The van der Waals surface area contributed by atoms with Gasteiger partial charge in [-0.1, -0.05) is 60.1 Å². The van der Waals surface area contributed by atoms with E-state index in [0.29, 0.717) is 40.7 Å². The molecule has 0 aliphatic carbocycles. The Balaban J connectivity index is 1.65. The summed E-state index contributed by atoms with van der Waals surface area (Å²) in [6, 6.07) is 27.0. The quantitative estimate of drug-likeness (QED) is 0.182. The van der Waals surface area contributed by atoms with Crippen molar-refractivity contribution >= 4 is 43.8 Å². The number of anilines is 2. The number of hydrogen-bond donors (Lipinski definition) is 2. The van der Waals surface area contributed by atoms with Gasteiger partial charge in [-0.25, -0.2) is 12.7 Å². The minimum Gasteiger partial charge on any atom is -0.492 e. The number of sulfonamides is 1. The lowest BCUT2D eigenvalue weighted by Gasteiger charge is -2.32. The van der Waals surface area contributed by atoms with E-state index in [9.17, 15) is 8.42 Å². The topological polar surface area (TPSA) is 93.9 Å². The van der Waals surface area contributed by atoms with Crippen molar-refractivity contribution in [3.63, 3.8) is 0 Å². The number of hydrogen-bond acceptors (Lipinski definition) is 6. The van der Waals surface area contributed by atoms with Crippen molar-refractivity contribution in [1.82, 2.24) is 0 Å². The first-order valence-corrected chi connectivity index (χ1v) is 13.8. The number of fused-ring (bicyclic) bond motifs is 1. The monoisotopic (exact) mass is 539 g/mol. The number of nitrogens with two attached hydrogens (primary N) is 1. The molecule has 0 radical (unpaired) electrons. The molecule has 3 N–H and O–H groups in total. The summed E-state index contributed by atoms with van der Waals surface area (Å²) in [6.45, 7) is 3.01. The van der Waals surface area contributed by atoms with Crippen molar-refractivity contribution in [2.75, 3.05) is 35.9 Å². The maximum Gasteiger partial charge on any atom is 0.267 e. The van der Waals surface area contributed by atoms with Crippen LogP contribution >= 0.6 is 11.6 Å². The molecular weight excluding hydrogens is 510 g/mol. The van der Waals surface area contributed by atoms with E-state index >= 15 is 0 Å². The van der Waals surface area contributed by atoms with Gasteiger partial charge >= 0.3 is 0 Å². The van der Waals surface area contributed by atoms with Crippen LogP contribution in [0.5, 0.6) is 5.75 Å². The van der Waals surface area contributed by atoms with Gasteiger partial charge in [-0.2, -0.15) is 0 Å².